The van der Waals surface area contributed by atoms with E-state index in [2.05, 4.69) is 5.16 Å². The van der Waals surface area contributed by atoms with Gasteiger partial charge in [-0.05, 0) is 39.0 Å². The molecule has 0 aromatic carbocycles. The number of carbonyl (C=O) groups excluding carboxylic acids is 2. The number of amides is 2. The van der Waals surface area contributed by atoms with Crippen molar-refractivity contribution in [3.63, 3.8) is 0 Å². The van der Waals surface area contributed by atoms with E-state index in [9.17, 15) is 9.59 Å². The van der Waals surface area contributed by atoms with Gasteiger partial charge in [0.1, 0.15) is 10.8 Å². The van der Waals surface area contributed by atoms with Crippen LogP contribution in [0.2, 0.25) is 0 Å². The summed E-state index contributed by atoms with van der Waals surface area (Å²) in [5.41, 5.74) is 2.01. The Morgan fingerprint density at radius 3 is 2.96 bits per heavy atom. The first-order valence-corrected chi connectivity index (χ1v) is 10.9. The molecule has 28 heavy (non-hydrogen) atoms. The summed E-state index contributed by atoms with van der Waals surface area (Å²) in [6.45, 7) is 3.12. The van der Waals surface area contributed by atoms with Crippen molar-refractivity contribution in [1.82, 2.24) is 19.9 Å². The van der Waals surface area contributed by atoms with Crippen molar-refractivity contribution in [1.29, 1.82) is 0 Å². The molecule has 2 aromatic rings. The molecule has 148 valence electrons. The van der Waals surface area contributed by atoms with Crippen LogP contribution < -0.4 is 0 Å². The number of nitrogens with zero attached hydrogens (tertiary/aromatic N) is 4. The van der Waals surface area contributed by atoms with Gasteiger partial charge < -0.3 is 14.3 Å². The zero-order valence-corrected chi connectivity index (χ0v) is 16.8. The predicted molar refractivity (Wildman–Crippen MR) is 103 cm³/mol. The van der Waals surface area contributed by atoms with Gasteiger partial charge in [0, 0.05) is 23.9 Å². The molecule has 0 bridgehead atoms. The molecule has 8 heteroatoms. The minimum Gasteiger partial charge on any atom is -0.361 e. The molecule has 4 heterocycles. The lowest BCUT2D eigenvalue weighted by molar-refractivity contribution is -0.131. The molecule has 0 saturated carbocycles. The molecule has 2 amide bonds. The fourth-order valence-electron chi connectivity index (χ4n) is 4.81. The van der Waals surface area contributed by atoms with Crippen molar-refractivity contribution in [2.24, 2.45) is 0 Å². The fraction of sp³-hybridized carbons (Fsp3) is 0.600. The lowest BCUT2D eigenvalue weighted by Crippen LogP contribution is -2.40. The van der Waals surface area contributed by atoms with Crippen LogP contribution in [0.4, 0.5) is 0 Å². The molecule has 0 N–H and O–H groups in total. The first-order valence-electron chi connectivity index (χ1n) is 10.1. The van der Waals surface area contributed by atoms with Crippen LogP contribution >= 0.6 is 11.3 Å². The summed E-state index contributed by atoms with van der Waals surface area (Å²) in [4.78, 5) is 35.5. The second kappa shape index (κ2) is 6.99. The van der Waals surface area contributed by atoms with E-state index in [0.717, 1.165) is 30.0 Å². The van der Waals surface area contributed by atoms with Crippen molar-refractivity contribution >= 4 is 23.2 Å². The highest BCUT2D eigenvalue weighted by Gasteiger charge is 2.48. The second-order valence-electron chi connectivity index (χ2n) is 8.03. The van der Waals surface area contributed by atoms with Gasteiger partial charge in [-0.15, -0.1) is 11.3 Å². The third-order valence-corrected chi connectivity index (χ3v) is 7.27. The van der Waals surface area contributed by atoms with Crippen molar-refractivity contribution < 1.29 is 14.1 Å². The Hall–Kier alpha value is -2.22. The average Bonchev–Trinajstić information content (AvgIpc) is 3.41. The van der Waals surface area contributed by atoms with Gasteiger partial charge in [0.05, 0.1) is 36.4 Å². The van der Waals surface area contributed by atoms with Gasteiger partial charge in [-0.3, -0.25) is 9.59 Å². The zero-order valence-electron chi connectivity index (χ0n) is 16.0. The summed E-state index contributed by atoms with van der Waals surface area (Å²) in [6, 6.07) is 1.87. The Morgan fingerprint density at radius 1 is 1.32 bits per heavy atom. The van der Waals surface area contributed by atoms with Crippen molar-refractivity contribution in [2.75, 3.05) is 6.54 Å². The van der Waals surface area contributed by atoms with Crippen LogP contribution in [-0.2, 0) is 35.4 Å². The first-order chi connectivity index (χ1) is 13.6. The van der Waals surface area contributed by atoms with E-state index in [1.807, 2.05) is 16.7 Å². The number of carbonyl (C=O) groups is 2. The summed E-state index contributed by atoms with van der Waals surface area (Å²) in [6.07, 6.45) is 6.09. The van der Waals surface area contributed by atoms with Gasteiger partial charge >= 0.3 is 0 Å². The molecular formula is C20H24N4O3S. The first kappa shape index (κ1) is 17.8. The number of likely N-dealkylation sites (tertiary alicyclic amines) is 2. The van der Waals surface area contributed by atoms with E-state index in [-0.39, 0.29) is 30.3 Å². The van der Waals surface area contributed by atoms with E-state index >= 15 is 0 Å². The van der Waals surface area contributed by atoms with Gasteiger partial charge in [0.25, 0.3) is 0 Å². The van der Waals surface area contributed by atoms with E-state index in [1.54, 1.807) is 17.4 Å². The van der Waals surface area contributed by atoms with Gasteiger partial charge in [-0.2, -0.15) is 0 Å². The van der Waals surface area contributed by atoms with Crippen molar-refractivity contribution in [2.45, 2.75) is 70.5 Å². The van der Waals surface area contributed by atoms with Crippen molar-refractivity contribution in [3.8, 4) is 0 Å². The number of thiazole rings is 1. The lowest BCUT2D eigenvalue weighted by Gasteiger charge is -2.24. The van der Waals surface area contributed by atoms with Gasteiger partial charge in [0.2, 0.25) is 11.8 Å². The van der Waals surface area contributed by atoms with Crippen LogP contribution in [0, 0.1) is 6.92 Å². The van der Waals surface area contributed by atoms with Crippen LogP contribution in [0.5, 0.6) is 0 Å². The summed E-state index contributed by atoms with van der Waals surface area (Å²) < 4.78 is 5.19. The van der Waals surface area contributed by atoms with Gasteiger partial charge in [-0.25, -0.2) is 4.98 Å². The summed E-state index contributed by atoms with van der Waals surface area (Å²) in [5, 5.41) is 4.89. The highest BCUT2D eigenvalue weighted by atomic mass is 32.1. The maximum Gasteiger partial charge on any atom is 0.230 e. The smallest absolute Gasteiger partial charge is 0.230 e. The van der Waals surface area contributed by atoms with Crippen LogP contribution in [0.1, 0.15) is 52.7 Å². The minimum absolute atomic E-state index is 0.0167. The molecule has 0 radical (unpaired) electrons. The molecule has 0 unspecified atom stereocenters. The Balaban J connectivity index is 1.27. The summed E-state index contributed by atoms with van der Waals surface area (Å²) in [7, 11) is 0. The Bertz CT molecular complexity index is 897. The number of fused-ring (bicyclic) bond motifs is 2. The predicted octanol–water partition coefficient (Wildman–Crippen LogP) is 2.26. The monoisotopic (exact) mass is 400 g/mol. The lowest BCUT2D eigenvalue weighted by atomic mass is 10.0. The topological polar surface area (TPSA) is 79.5 Å². The fourth-order valence-corrected chi connectivity index (χ4v) is 5.97. The molecule has 2 fully saturated rings. The zero-order chi connectivity index (χ0) is 19.3. The standard InChI is InChI=1S/C20H24N4O3S/c1-12-8-13(27-22-12)9-19(25)23-7-6-15-16(23)10-20(26)24(15)11-18-21-14-4-2-3-5-17(14)28-18/h8,15-16H,2-7,9-11H2,1H3/t15-,16-/m0/s1. The number of aryl methyl sites for hydroxylation is 3. The molecule has 2 saturated heterocycles. The number of hydrogen-bond acceptors (Lipinski definition) is 6. The molecule has 2 aromatic heterocycles. The summed E-state index contributed by atoms with van der Waals surface area (Å²) in [5.74, 6) is 0.736. The highest BCUT2D eigenvalue weighted by Crippen LogP contribution is 2.35. The summed E-state index contributed by atoms with van der Waals surface area (Å²) >= 11 is 1.76. The minimum atomic E-state index is -0.0291. The maximum atomic E-state index is 12.8. The quantitative estimate of drug-likeness (QED) is 0.787. The maximum absolute atomic E-state index is 12.8. The number of rotatable bonds is 4. The van der Waals surface area contributed by atoms with Crippen LogP contribution in [0.15, 0.2) is 10.6 Å². The normalized spacial score (nSPS) is 24.0. The van der Waals surface area contributed by atoms with E-state index in [0.29, 0.717) is 25.3 Å². The SMILES string of the molecule is Cc1cc(CC(=O)N2CC[C@H]3[C@@H]2CC(=O)N3Cc2nc3c(s2)CCCC3)on1. The third kappa shape index (κ3) is 3.13. The molecular weight excluding hydrogens is 376 g/mol. The third-order valence-electron chi connectivity index (χ3n) is 6.13. The number of hydrogen-bond donors (Lipinski definition) is 0. The van der Waals surface area contributed by atoms with E-state index in [4.69, 9.17) is 9.51 Å². The Morgan fingerprint density at radius 2 is 2.18 bits per heavy atom. The second-order valence-corrected chi connectivity index (χ2v) is 9.20. The van der Waals surface area contributed by atoms with Crippen LogP contribution in [0.3, 0.4) is 0 Å². The molecule has 2 aliphatic heterocycles. The molecule has 7 nitrogen and oxygen atoms in total. The van der Waals surface area contributed by atoms with Crippen molar-refractivity contribution in [3.05, 3.63) is 33.1 Å². The Kier molecular flexibility index (Phi) is 4.45. The average molecular weight is 401 g/mol. The molecule has 5 rings (SSSR count). The van der Waals surface area contributed by atoms with Gasteiger partial charge in [-0.1, -0.05) is 5.16 Å². The van der Waals surface area contributed by atoms with E-state index in [1.165, 1.54) is 23.4 Å². The van der Waals surface area contributed by atoms with Crippen LogP contribution in [0.25, 0.3) is 0 Å². The largest absolute Gasteiger partial charge is 0.361 e. The van der Waals surface area contributed by atoms with E-state index < -0.39 is 0 Å². The molecule has 1 aliphatic carbocycles. The van der Waals surface area contributed by atoms with Crippen LogP contribution in [-0.4, -0.2) is 50.4 Å². The Labute approximate surface area is 167 Å². The molecule has 3 aliphatic rings. The molecule has 2 atom stereocenters. The number of aromatic nitrogens is 2. The highest BCUT2D eigenvalue weighted by molar-refractivity contribution is 7.11. The molecule has 0 spiro atoms. The van der Waals surface area contributed by atoms with Gasteiger partial charge in [0.15, 0.2) is 0 Å².